The number of benzene rings is 2. The summed E-state index contributed by atoms with van der Waals surface area (Å²) in [6.07, 6.45) is 6.79. The first-order valence-electron chi connectivity index (χ1n) is 16.7. The van der Waals surface area contributed by atoms with Crippen LogP contribution in [0.3, 0.4) is 0 Å². The average molecular weight is 613 g/mol. The minimum absolute atomic E-state index is 0.0269. The summed E-state index contributed by atoms with van der Waals surface area (Å²) in [5.41, 5.74) is 0. The number of hydrogen-bond acceptors (Lipinski definition) is 6. The molecule has 0 amide bonds. The second-order valence-electron chi connectivity index (χ2n) is 13.5. The van der Waals surface area contributed by atoms with E-state index in [0.717, 1.165) is 37.2 Å². The Morgan fingerprint density at radius 3 is 1.35 bits per heavy atom. The molecule has 7 heteroatoms. The van der Waals surface area contributed by atoms with Gasteiger partial charge in [0.2, 0.25) is 0 Å². The quantitative estimate of drug-likeness (QED) is 0.140. The van der Waals surface area contributed by atoms with Crippen LogP contribution in [-0.4, -0.2) is 47.7 Å². The van der Waals surface area contributed by atoms with Gasteiger partial charge in [0.15, 0.2) is 0 Å². The maximum atomic E-state index is 7.16. The van der Waals surface area contributed by atoms with E-state index in [9.17, 15) is 0 Å². The fourth-order valence-corrected chi connectivity index (χ4v) is 9.12. The second kappa shape index (κ2) is 17.0. The molecule has 0 saturated heterocycles. The topological polar surface area (TPSA) is 55.4 Å². The van der Waals surface area contributed by atoms with Crippen LogP contribution in [0.5, 0.6) is 11.5 Å². The molecule has 2 aliphatic carbocycles. The van der Waals surface area contributed by atoms with Gasteiger partial charge in [-0.15, -0.1) is 0 Å². The molecule has 6 nitrogen and oxygen atoms in total. The van der Waals surface area contributed by atoms with Crippen molar-refractivity contribution in [2.75, 3.05) is 26.4 Å². The maximum absolute atomic E-state index is 7.16. The molecule has 0 spiro atoms. The molecule has 2 saturated carbocycles. The molecule has 0 aromatic heterocycles. The summed E-state index contributed by atoms with van der Waals surface area (Å²) in [6, 6.07) is 19.7. The monoisotopic (exact) mass is 612 g/mol. The fraction of sp³-hybridized carbons (Fsp3) is 0.667. The van der Waals surface area contributed by atoms with Crippen molar-refractivity contribution in [1.29, 1.82) is 0 Å². The van der Waals surface area contributed by atoms with E-state index in [4.69, 9.17) is 27.2 Å². The lowest BCUT2D eigenvalue weighted by molar-refractivity contribution is -0.121. The molecule has 2 aromatic rings. The molecular formula is C36H56O6Si. The molecule has 2 aromatic carbocycles. The van der Waals surface area contributed by atoms with Crippen LogP contribution in [0.15, 0.2) is 60.7 Å². The fourth-order valence-electron chi connectivity index (χ4n) is 6.76. The summed E-state index contributed by atoms with van der Waals surface area (Å²) in [5.74, 6) is 4.70. The van der Waals surface area contributed by atoms with Crippen LogP contribution in [0.1, 0.15) is 80.1 Å². The molecule has 0 aliphatic heterocycles. The highest BCUT2D eigenvalue weighted by atomic mass is 28.4. The molecule has 0 bridgehead atoms. The Bertz CT molecular complexity index is 951. The van der Waals surface area contributed by atoms with Crippen LogP contribution >= 0.6 is 0 Å². The van der Waals surface area contributed by atoms with Crippen molar-refractivity contribution < 1.29 is 27.2 Å². The zero-order chi connectivity index (χ0) is 30.7. The number of rotatable bonds is 16. The molecule has 0 radical (unpaired) electrons. The highest BCUT2D eigenvalue weighted by molar-refractivity contribution is 6.53. The Labute approximate surface area is 262 Å². The third-order valence-electron chi connectivity index (χ3n) is 9.26. The van der Waals surface area contributed by atoms with E-state index in [2.05, 4.69) is 41.5 Å². The van der Waals surface area contributed by atoms with Gasteiger partial charge in [0.25, 0.3) is 0 Å². The number of hydrogen-bond donors (Lipinski definition) is 0. The molecule has 2 aliphatic rings. The second-order valence-corrected chi connectivity index (χ2v) is 15.5. The van der Waals surface area contributed by atoms with Gasteiger partial charge in [-0.3, -0.25) is 0 Å². The SMILES string of the molecule is CC1CCC(C(C)C)C(O[Si](OCCOc2ccccc2)(OCCOc2ccccc2)OC2CC(C)CCC2C(C)C)C1. The van der Waals surface area contributed by atoms with Crippen LogP contribution in [0.25, 0.3) is 0 Å². The molecule has 43 heavy (non-hydrogen) atoms. The lowest BCUT2D eigenvalue weighted by atomic mass is 9.75. The average Bonchev–Trinajstić information content (AvgIpc) is 2.98. The molecule has 6 atom stereocenters. The van der Waals surface area contributed by atoms with Gasteiger partial charge >= 0.3 is 9.05 Å². The molecule has 6 unspecified atom stereocenters. The van der Waals surface area contributed by atoms with E-state index in [1.165, 1.54) is 12.8 Å². The zero-order valence-electron chi connectivity index (χ0n) is 27.4. The first kappa shape index (κ1) is 34.0. The van der Waals surface area contributed by atoms with E-state index in [1.807, 2.05) is 60.7 Å². The van der Waals surface area contributed by atoms with E-state index in [0.29, 0.717) is 61.9 Å². The predicted octanol–water partition coefficient (Wildman–Crippen LogP) is 8.57. The van der Waals surface area contributed by atoms with E-state index in [-0.39, 0.29) is 12.2 Å². The van der Waals surface area contributed by atoms with E-state index >= 15 is 0 Å². The van der Waals surface area contributed by atoms with E-state index < -0.39 is 9.05 Å². The molecule has 4 rings (SSSR count). The molecule has 0 N–H and O–H groups in total. The van der Waals surface area contributed by atoms with Crippen molar-refractivity contribution in [3.63, 3.8) is 0 Å². The van der Waals surface area contributed by atoms with Crippen molar-refractivity contribution in [1.82, 2.24) is 0 Å². The highest BCUT2D eigenvalue weighted by Crippen LogP contribution is 2.40. The molecule has 0 heterocycles. The number of para-hydroxylation sites is 2. The summed E-state index contributed by atoms with van der Waals surface area (Å²) < 4.78 is 39.8. The standard InChI is InChI=1S/C36H56O6Si/c1-27(2)33-19-17-29(5)25-35(33)41-43(39-23-21-37-31-13-9-7-10-14-31,40-24-22-38-32-15-11-8-12-16-32)42-36-26-30(6)18-20-34(36)28(3)4/h7-16,27-30,33-36H,17-26H2,1-6H3. The van der Waals surface area contributed by atoms with Crippen LogP contribution < -0.4 is 9.47 Å². The smallest absolute Gasteiger partial charge is 0.491 e. The third-order valence-corrected chi connectivity index (χ3v) is 11.6. The maximum Gasteiger partial charge on any atom is 0.680 e. The first-order chi connectivity index (χ1) is 20.7. The molecule has 2 fully saturated rings. The van der Waals surface area contributed by atoms with Gasteiger partial charge in [-0.25, -0.2) is 0 Å². The summed E-state index contributed by atoms with van der Waals surface area (Å²) in [6.45, 7) is 15.3. The minimum atomic E-state index is -3.64. The van der Waals surface area contributed by atoms with Crippen molar-refractivity contribution >= 4 is 9.05 Å². The Balaban J connectivity index is 1.57. The van der Waals surface area contributed by atoms with Gasteiger partial charge in [-0.1, -0.05) is 90.8 Å². The van der Waals surface area contributed by atoms with Crippen molar-refractivity contribution in [3.8, 4) is 11.5 Å². The Hall–Kier alpha value is -1.90. The summed E-state index contributed by atoms with van der Waals surface area (Å²) in [5, 5.41) is 0. The summed E-state index contributed by atoms with van der Waals surface area (Å²) >= 11 is 0. The predicted molar refractivity (Wildman–Crippen MR) is 174 cm³/mol. The molecule has 240 valence electrons. The minimum Gasteiger partial charge on any atom is -0.491 e. The summed E-state index contributed by atoms with van der Waals surface area (Å²) in [4.78, 5) is 0. The van der Waals surface area contributed by atoms with Crippen molar-refractivity contribution in [2.45, 2.75) is 92.3 Å². The van der Waals surface area contributed by atoms with E-state index in [1.54, 1.807) is 0 Å². The summed E-state index contributed by atoms with van der Waals surface area (Å²) in [7, 11) is -3.64. The zero-order valence-corrected chi connectivity index (χ0v) is 28.4. The van der Waals surface area contributed by atoms with Gasteiger partial charge in [0.1, 0.15) is 24.7 Å². The van der Waals surface area contributed by atoms with Crippen LogP contribution in [-0.2, 0) is 17.7 Å². The van der Waals surface area contributed by atoms with Gasteiger partial charge < -0.3 is 27.2 Å². The van der Waals surface area contributed by atoms with Gasteiger partial charge in [0.05, 0.1) is 25.4 Å². The van der Waals surface area contributed by atoms with Gasteiger partial charge in [0, 0.05) is 0 Å². The Morgan fingerprint density at radius 2 is 0.977 bits per heavy atom. The van der Waals surface area contributed by atoms with Crippen LogP contribution in [0.2, 0.25) is 0 Å². The third kappa shape index (κ3) is 10.6. The normalized spacial score (nSPS) is 26.5. The van der Waals surface area contributed by atoms with Crippen LogP contribution in [0.4, 0.5) is 0 Å². The largest absolute Gasteiger partial charge is 0.680 e. The van der Waals surface area contributed by atoms with Crippen molar-refractivity contribution in [2.24, 2.45) is 35.5 Å². The van der Waals surface area contributed by atoms with Gasteiger partial charge in [-0.2, -0.15) is 0 Å². The lowest BCUT2D eigenvalue weighted by Crippen LogP contribution is -2.58. The lowest BCUT2D eigenvalue weighted by Gasteiger charge is -2.44. The highest BCUT2D eigenvalue weighted by Gasteiger charge is 2.53. The van der Waals surface area contributed by atoms with Crippen molar-refractivity contribution in [3.05, 3.63) is 60.7 Å². The number of ether oxygens (including phenoxy) is 2. The first-order valence-corrected chi connectivity index (χ1v) is 18.4. The Morgan fingerprint density at radius 1 is 0.581 bits per heavy atom. The van der Waals surface area contributed by atoms with Gasteiger partial charge in [-0.05, 0) is 85.5 Å². The van der Waals surface area contributed by atoms with Crippen LogP contribution in [0, 0.1) is 35.5 Å². The molecular weight excluding hydrogens is 556 g/mol. The Kier molecular flexibility index (Phi) is 13.4.